The van der Waals surface area contributed by atoms with E-state index < -0.39 is 47.2 Å². The van der Waals surface area contributed by atoms with Crippen molar-refractivity contribution in [2.45, 2.75) is 12.9 Å². The smallest absolute Gasteiger partial charge is 0.419 e. The summed E-state index contributed by atoms with van der Waals surface area (Å²) in [5, 5.41) is 0. The fourth-order valence-electron chi connectivity index (χ4n) is 2.94. The molecule has 190 valence electrons. The van der Waals surface area contributed by atoms with E-state index in [-0.39, 0.29) is 5.56 Å². The number of benzene rings is 3. The maximum atomic E-state index is 13.8. The molecule has 0 atom stereocenters. The zero-order chi connectivity index (χ0) is 26.3. The molecular formula is C23H18F8O4. The van der Waals surface area contributed by atoms with E-state index in [4.69, 9.17) is 14.2 Å². The van der Waals surface area contributed by atoms with E-state index in [2.05, 4.69) is 4.94 Å². The van der Waals surface area contributed by atoms with E-state index in [1.165, 1.54) is 21.3 Å². The summed E-state index contributed by atoms with van der Waals surface area (Å²) >= 11 is 0. The van der Waals surface area contributed by atoms with Crippen molar-refractivity contribution in [1.82, 2.24) is 0 Å². The first kappa shape index (κ1) is 27.5. The van der Waals surface area contributed by atoms with Gasteiger partial charge in [0.05, 0.1) is 38.0 Å². The van der Waals surface area contributed by atoms with Crippen LogP contribution < -0.4 is 19.2 Å². The molecule has 4 nitrogen and oxygen atoms in total. The molecule has 0 aliphatic heterocycles. The SMILES string of the molecule is COc1cc(OC)c(-c2cc(F)c(CF)c(F)c2)c(OC)c1.FOc1ccc(C(F)(F)F)c(F)c1. The lowest BCUT2D eigenvalue weighted by Gasteiger charge is -2.16. The maximum Gasteiger partial charge on any atom is 0.419 e. The standard InChI is InChI=1S/C16H15F3O3.C7H3F5O/c1-20-10-6-14(21-2)16(15(7-10)22-3)9-4-12(18)11(8-17)13(19)5-9;8-6-3-4(13-12)1-2-5(6)7(9,10)11/h4-7H,8H2,1-3H3;1-3H. The summed E-state index contributed by atoms with van der Waals surface area (Å²) < 4.78 is 116. The first-order valence-corrected chi connectivity index (χ1v) is 9.50. The van der Waals surface area contributed by atoms with Gasteiger partial charge in [-0.2, -0.15) is 13.2 Å². The normalized spacial score (nSPS) is 10.8. The van der Waals surface area contributed by atoms with Gasteiger partial charge in [-0.3, -0.25) is 4.94 Å². The van der Waals surface area contributed by atoms with Crippen molar-refractivity contribution < 1.29 is 54.4 Å². The van der Waals surface area contributed by atoms with E-state index in [1.54, 1.807) is 12.1 Å². The van der Waals surface area contributed by atoms with Crippen LogP contribution in [0.2, 0.25) is 0 Å². The van der Waals surface area contributed by atoms with E-state index in [0.29, 0.717) is 41.0 Å². The van der Waals surface area contributed by atoms with Gasteiger partial charge in [0.2, 0.25) is 0 Å². The first-order chi connectivity index (χ1) is 16.5. The van der Waals surface area contributed by atoms with Gasteiger partial charge < -0.3 is 14.2 Å². The highest BCUT2D eigenvalue weighted by Gasteiger charge is 2.34. The molecule has 0 unspecified atom stereocenters. The molecule has 0 heterocycles. The van der Waals surface area contributed by atoms with Gasteiger partial charge in [0.15, 0.2) is 5.75 Å². The number of hydrogen-bond donors (Lipinski definition) is 0. The summed E-state index contributed by atoms with van der Waals surface area (Å²) in [6, 6.07) is 6.64. The van der Waals surface area contributed by atoms with Crippen molar-refractivity contribution in [3.63, 3.8) is 0 Å². The minimum absolute atomic E-state index is 0.184. The molecule has 0 aromatic heterocycles. The van der Waals surface area contributed by atoms with Crippen LogP contribution in [0.15, 0.2) is 42.5 Å². The van der Waals surface area contributed by atoms with Gasteiger partial charge in [0, 0.05) is 22.7 Å². The van der Waals surface area contributed by atoms with E-state index in [1.807, 2.05) is 0 Å². The number of methoxy groups -OCH3 is 3. The van der Waals surface area contributed by atoms with Gasteiger partial charge in [-0.15, -0.1) is 0 Å². The molecule has 3 aromatic rings. The number of halogens is 8. The third-order valence-electron chi connectivity index (χ3n) is 4.61. The molecular weight excluding hydrogens is 492 g/mol. The minimum Gasteiger partial charge on any atom is -0.496 e. The lowest BCUT2D eigenvalue weighted by molar-refractivity contribution is -0.140. The molecule has 0 bridgehead atoms. The second-order valence-electron chi connectivity index (χ2n) is 6.68. The fraction of sp³-hybridized carbons (Fsp3) is 0.217. The van der Waals surface area contributed by atoms with Crippen LogP contribution in [-0.2, 0) is 12.9 Å². The molecule has 0 saturated heterocycles. The predicted molar refractivity (Wildman–Crippen MR) is 109 cm³/mol. The first-order valence-electron chi connectivity index (χ1n) is 9.50. The molecule has 3 rings (SSSR count). The summed E-state index contributed by atoms with van der Waals surface area (Å²) in [7, 11) is 4.31. The molecule has 0 N–H and O–H groups in total. The molecule has 0 radical (unpaired) electrons. The number of hydrogen-bond acceptors (Lipinski definition) is 4. The Morgan fingerprint density at radius 1 is 0.714 bits per heavy atom. The van der Waals surface area contributed by atoms with Crippen molar-refractivity contribution in [3.05, 3.63) is 71.0 Å². The molecule has 12 heteroatoms. The summed E-state index contributed by atoms with van der Waals surface area (Å²) in [5.74, 6) is -2.98. The number of ether oxygens (including phenoxy) is 3. The minimum atomic E-state index is -4.78. The summed E-state index contributed by atoms with van der Waals surface area (Å²) in [4.78, 5) is 3.06. The Labute approximate surface area is 194 Å². The molecule has 0 amide bonds. The van der Waals surface area contributed by atoms with E-state index >= 15 is 0 Å². The molecule has 0 spiro atoms. The zero-order valence-corrected chi connectivity index (χ0v) is 18.4. The predicted octanol–water partition coefficient (Wildman–Crippen LogP) is 7.23. The maximum absolute atomic E-state index is 13.8. The Morgan fingerprint density at radius 3 is 1.63 bits per heavy atom. The number of alkyl halides is 4. The summed E-state index contributed by atoms with van der Waals surface area (Å²) in [5.41, 5.74) is -1.51. The fourth-order valence-corrected chi connectivity index (χ4v) is 2.94. The largest absolute Gasteiger partial charge is 0.496 e. The van der Waals surface area contributed by atoms with Crippen molar-refractivity contribution >= 4 is 0 Å². The Kier molecular flexibility index (Phi) is 9.15. The van der Waals surface area contributed by atoms with Crippen molar-refractivity contribution in [2.75, 3.05) is 21.3 Å². The monoisotopic (exact) mass is 510 g/mol. The van der Waals surface area contributed by atoms with Crippen molar-refractivity contribution in [1.29, 1.82) is 0 Å². The average molecular weight is 510 g/mol. The van der Waals surface area contributed by atoms with Crippen LogP contribution in [0.3, 0.4) is 0 Å². The summed E-state index contributed by atoms with van der Waals surface area (Å²) in [6.45, 7) is -1.21. The molecule has 3 aromatic carbocycles. The van der Waals surface area contributed by atoms with Crippen LogP contribution in [0.4, 0.5) is 35.3 Å². The topological polar surface area (TPSA) is 36.9 Å². The van der Waals surface area contributed by atoms with Crippen molar-refractivity contribution in [2.24, 2.45) is 0 Å². The molecule has 0 aliphatic carbocycles. The Hall–Kier alpha value is -3.70. The third-order valence-corrected chi connectivity index (χ3v) is 4.61. The quantitative estimate of drug-likeness (QED) is 0.328. The highest BCUT2D eigenvalue weighted by Crippen LogP contribution is 2.42. The molecule has 0 saturated carbocycles. The Morgan fingerprint density at radius 2 is 1.26 bits per heavy atom. The average Bonchev–Trinajstić information content (AvgIpc) is 2.82. The highest BCUT2D eigenvalue weighted by atomic mass is 19.4. The second kappa shape index (κ2) is 11.6. The molecule has 0 fully saturated rings. The second-order valence-corrected chi connectivity index (χ2v) is 6.68. The number of rotatable bonds is 6. The van der Waals surface area contributed by atoms with Gasteiger partial charge in [-0.05, 0) is 29.8 Å². The van der Waals surface area contributed by atoms with Crippen LogP contribution >= 0.6 is 0 Å². The van der Waals surface area contributed by atoms with Crippen LogP contribution in [0.1, 0.15) is 11.1 Å². The van der Waals surface area contributed by atoms with Crippen LogP contribution in [0.25, 0.3) is 11.1 Å². The third kappa shape index (κ3) is 6.46. The molecule has 35 heavy (non-hydrogen) atoms. The van der Waals surface area contributed by atoms with Crippen molar-refractivity contribution in [3.8, 4) is 34.1 Å². The van der Waals surface area contributed by atoms with Crippen LogP contribution in [-0.4, -0.2) is 21.3 Å². The van der Waals surface area contributed by atoms with Crippen LogP contribution in [0.5, 0.6) is 23.0 Å². The Bertz CT molecular complexity index is 1120. The van der Waals surface area contributed by atoms with Gasteiger partial charge in [0.25, 0.3) is 0 Å². The molecule has 0 aliphatic rings. The highest BCUT2D eigenvalue weighted by molar-refractivity contribution is 5.78. The zero-order valence-electron chi connectivity index (χ0n) is 18.4. The summed E-state index contributed by atoms with van der Waals surface area (Å²) in [6.07, 6.45) is -4.78. The van der Waals surface area contributed by atoms with Gasteiger partial charge >= 0.3 is 6.18 Å². The van der Waals surface area contributed by atoms with Crippen LogP contribution in [0, 0.1) is 17.5 Å². The lowest BCUT2D eigenvalue weighted by atomic mass is 10.0. The Balaban J connectivity index is 0.000000283. The van der Waals surface area contributed by atoms with Gasteiger partial charge in [-0.25, -0.2) is 17.6 Å². The van der Waals surface area contributed by atoms with Gasteiger partial charge in [-0.1, -0.05) is 0 Å². The lowest BCUT2D eigenvalue weighted by Crippen LogP contribution is -2.07. The van der Waals surface area contributed by atoms with Gasteiger partial charge in [0.1, 0.15) is 41.4 Å². The van der Waals surface area contributed by atoms with E-state index in [9.17, 15) is 35.3 Å². The van der Waals surface area contributed by atoms with E-state index in [0.717, 1.165) is 12.1 Å².